The number of hydrogen-bond acceptors (Lipinski definition) is 4. The number of rotatable bonds is 7. The van der Waals surface area contributed by atoms with Crippen LogP contribution >= 0.6 is 15.9 Å². The molecule has 0 bridgehead atoms. The van der Waals surface area contributed by atoms with Gasteiger partial charge in [0.15, 0.2) is 5.41 Å². The summed E-state index contributed by atoms with van der Waals surface area (Å²) in [6, 6.07) is 9.59. The molecule has 1 aromatic rings. The summed E-state index contributed by atoms with van der Waals surface area (Å²) in [5.74, 6) is -1.28. The lowest BCUT2D eigenvalue weighted by Crippen LogP contribution is -2.41. The lowest BCUT2D eigenvalue weighted by Gasteiger charge is -2.26. The number of allylic oxidation sites excluding steroid dienone is 2. The van der Waals surface area contributed by atoms with Crippen molar-refractivity contribution in [2.75, 3.05) is 14.2 Å². The van der Waals surface area contributed by atoms with Gasteiger partial charge in [-0.25, -0.2) is 0 Å². The van der Waals surface area contributed by atoms with Gasteiger partial charge in [-0.3, -0.25) is 9.59 Å². The summed E-state index contributed by atoms with van der Waals surface area (Å²) < 4.78 is 10.1. The molecule has 0 aliphatic rings. The van der Waals surface area contributed by atoms with Crippen molar-refractivity contribution in [1.29, 1.82) is 0 Å². The maximum Gasteiger partial charge on any atom is 0.323 e. The molecule has 0 radical (unpaired) electrons. The number of esters is 2. The van der Waals surface area contributed by atoms with Crippen LogP contribution in [0.15, 0.2) is 47.5 Å². The van der Waals surface area contributed by atoms with E-state index in [-0.39, 0.29) is 12.8 Å². The molecule has 5 heteroatoms. The van der Waals surface area contributed by atoms with Crippen LogP contribution in [0.1, 0.15) is 18.4 Å². The van der Waals surface area contributed by atoms with E-state index in [0.29, 0.717) is 4.48 Å². The Hall–Kier alpha value is -1.88. The van der Waals surface area contributed by atoms with Gasteiger partial charge in [0.05, 0.1) is 14.2 Å². The first kappa shape index (κ1) is 18.2. The molecule has 22 heavy (non-hydrogen) atoms. The highest BCUT2D eigenvalue weighted by atomic mass is 79.9. The predicted octanol–water partition coefficient (Wildman–Crippen LogP) is 3.72. The number of hydrogen-bond donors (Lipinski definition) is 0. The summed E-state index contributed by atoms with van der Waals surface area (Å²) in [6.07, 6.45) is 3.87. The Kier molecular flexibility index (Phi) is 7.05. The Balaban J connectivity index is 3.07. The zero-order valence-electron chi connectivity index (χ0n) is 12.7. The highest BCUT2D eigenvalue weighted by Gasteiger charge is 2.47. The Labute approximate surface area is 138 Å². The molecule has 0 atom stereocenters. The number of carbonyl (C=O) groups excluding carboxylic acids is 2. The highest BCUT2D eigenvalue weighted by Crippen LogP contribution is 2.35. The Morgan fingerprint density at radius 2 is 1.73 bits per heavy atom. The molecular weight excluding hydrogens is 348 g/mol. The zero-order chi connectivity index (χ0) is 16.6. The summed E-state index contributed by atoms with van der Waals surface area (Å²) in [5, 5.41) is 0. The summed E-state index contributed by atoms with van der Waals surface area (Å²) in [5.41, 5.74) is -0.459. The SMILES string of the molecule is C=C(Br)CC(C/C=C/c1ccccc1)(C(=O)OC)C(=O)OC. The molecule has 0 aliphatic carbocycles. The molecular formula is C17H19BrO4. The number of methoxy groups -OCH3 is 2. The Morgan fingerprint density at radius 1 is 1.18 bits per heavy atom. The van der Waals surface area contributed by atoms with E-state index < -0.39 is 17.4 Å². The van der Waals surface area contributed by atoms with Gasteiger partial charge in [-0.15, -0.1) is 0 Å². The van der Waals surface area contributed by atoms with E-state index in [1.54, 1.807) is 6.08 Å². The number of halogens is 1. The second kappa shape index (κ2) is 8.54. The van der Waals surface area contributed by atoms with E-state index in [4.69, 9.17) is 9.47 Å². The molecule has 0 spiro atoms. The van der Waals surface area contributed by atoms with Crippen molar-refractivity contribution in [2.24, 2.45) is 5.41 Å². The van der Waals surface area contributed by atoms with Crippen LogP contribution in [-0.4, -0.2) is 26.2 Å². The minimum Gasteiger partial charge on any atom is -0.468 e. The third-order valence-corrected chi connectivity index (χ3v) is 3.50. The van der Waals surface area contributed by atoms with Crippen LogP contribution in [0.3, 0.4) is 0 Å². The fourth-order valence-corrected chi connectivity index (χ4v) is 2.62. The molecule has 0 aliphatic heterocycles. The fourth-order valence-electron chi connectivity index (χ4n) is 2.15. The average molecular weight is 367 g/mol. The van der Waals surface area contributed by atoms with Crippen molar-refractivity contribution in [1.82, 2.24) is 0 Å². The lowest BCUT2D eigenvalue weighted by atomic mass is 9.80. The van der Waals surface area contributed by atoms with Gasteiger partial charge in [0.2, 0.25) is 0 Å². The van der Waals surface area contributed by atoms with Gasteiger partial charge < -0.3 is 9.47 Å². The highest BCUT2D eigenvalue weighted by molar-refractivity contribution is 9.11. The first-order valence-electron chi connectivity index (χ1n) is 6.68. The van der Waals surface area contributed by atoms with Crippen molar-refractivity contribution in [3.05, 3.63) is 53.0 Å². The van der Waals surface area contributed by atoms with Crippen molar-refractivity contribution in [3.8, 4) is 0 Å². The first-order chi connectivity index (χ1) is 10.5. The van der Waals surface area contributed by atoms with Crippen molar-refractivity contribution >= 4 is 33.9 Å². The van der Waals surface area contributed by atoms with E-state index >= 15 is 0 Å². The maximum absolute atomic E-state index is 12.2. The van der Waals surface area contributed by atoms with E-state index in [2.05, 4.69) is 22.5 Å². The minimum atomic E-state index is -1.44. The van der Waals surface area contributed by atoms with Crippen LogP contribution in [0.25, 0.3) is 6.08 Å². The van der Waals surface area contributed by atoms with E-state index in [0.717, 1.165) is 5.56 Å². The smallest absolute Gasteiger partial charge is 0.323 e. The molecule has 0 heterocycles. The quantitative estimate of drug-likeness (QED) is 0.545. The normalized spacial score (nSPS) is 11.2. The molecule has 0 aromatic heterocycles. The fraction of sp³-hybridized carbons (Fsp3) is 0.294. The van der Waals surface area contributed by atoms with Gasteiger partial charge in [-0.05, 0) is 16.5 Å². The molecule has 0 unspecified atom stereocenters. The van der Waals surface area contributed by atoms with Crippen LogP contribution in [0, 0.1) is 5.41 Å². The van der Waals surface area contributed by atoms with Crippen LogP contribution < -0.4 is 0 Å². The molecule has 0 amide bonds. The monoisotopic (exact) mass is 366 g/mol. The van der Waals surface area contributed by atoms with Gasteiger partial charge in [-0.1, -0.05) is 65.0 Å². The standard InChI is InChI=1S/C17H19BrO4/c1-13(18)12-17(15(19)21-2,16(20)22-3)11-7-10-14-8-5-4-6-9-14/h4-10H,1,11-12H2,2-3H3/b10-7+. The van der Waals surface area contributed by atoms with Crippen molar-refractivity contribution in [2.45, 2.75) is 12.8 Å². The zero-order valence-corrected chi connectivity index (χ0v) is 14.3. The summed E-state index contributed by atoms with van der Waals surface area (Å²) >= 11 is 3.21. The number of carbonyl (C=O) groups is 2. The van der Waals surface area contributed by atoms with Gasteiger partial charge in [-0.2, -0.15) is 0 Å². The molecule has 1 aromatic carbocycles. The molecule has 118 valence electrons. The summed E-state index contributed by atoms with van der Waals surface area (Å²) in [4.78, 5) is 24.4. The van der Waals surface area contributed by atoms with E-state index in [1.165, 1.54) is 14.2 Å². The minimum absolute atomic E-state index is 0.103. The van der Waals surface area contributed by atoms with Gasteiger partial charge >= 0.3 is 11.9 Å². The first-order valence-corrected chi connectivity index (χ1v) is 7.47. The van der Waals surface area contributed by atoms with Gasteiger partial charge in [0.1, 0.15) is 0 Å². The predicted molar refractivity (Wildman–Crippen MR) is 89.2 cm³/mol. The third kappa shape index (κ3) is 4.56. The van der Waals surface area contributed by atoms with Crippen LogP contribution in [0.4, 0.5) is 0 Å². The van der Waals surface area contributed by atoms with Crippen LogP contribution in [0.2, 0.25) is 0 Å². The molecule has 0 saturated heterocycles. The summed E-state index contributed by atoms with van der Waals surface area (Å²) in [6.45, 7) is 3.72. The van der Waals surface area contributed by atoms with E-state index in [9.17, 15) is 9.59 Å². The Morgan fingerprint density at radius 3 is 2.18 bits per heavy atom. The van der Waals surface area contributed by atoms with Crippen molar-refractivity contribution in [3.63, 3.8) is 0 Å². The molecule has 1 rings (SSSR count). The molecule has 4 nitrogen and oxygen atoms in total. The second-order valence-corrected chi connectivity index (χ2v) is 5.90. The second-order valence-electron chi connectivity index (χ2n) is 4.78. The topological polar surface area (TPSA) is 52.6 Å². The molecule has 0 N–H and O–H groups in total. The van der Waals surface area contributed by atoms with Gasteiger partial charge in [0.25, 0.3) is 0 Å². The van der Waals surface area contributed by atoms with Gasteiger partial charge in [0, 0.05) is 6.42 Å². The largest absolute Gasteiger partial charge is 0.468 e. The lowest BCUT2D eigenvalue weighted by molar-refractivity contribution is -0.168. The molecule has 0 fully saturated rings. The summed E-state index contributed by atoms with van der Waals surface area (Å²) in [7, 11) is 2.50. The Bertz CT molecular complexity index is 547. The third-order valence-electron chi connectivity index (χ3n) is 3.22. The number of ether oxygens (including phenoxy) is 2. The maximum atomic E-state index is 12.2. The van der Waals surface area contributed by atoms with Crippen LogP contribution in [0.5, 0.6) is 0 Å². The van der Waals surface area contributed by atoms with Crippen molar-refractivity contribution < 1.29 is 19.1 Å². The van der Waals surface area contributed by atoms with Crippen LogP contribution in [-0.2, 0) is 19.1 Å². The number of benzene rings is 1. The van der Waals surface area contributed by atoms with E-state index in [1.807, 2.05) is 36.4 Å². The molecule has 0 saturated carbocycles. The average Bonchev–Trinajstić information content (AvgIpc) is 2.52.